The Labute approximate surface area is 240 Å². The minimum atomic E-state index is -2.67. The topological polar surface area (TPSA) is 135 Å². The maximum absolute atomic E-state index is 13.0. The highest BCUT2D eigenvalue weighted by molar-refractivity contribution is 6.71. The van der Waals surface area contributed by atoms with E-state index in [1.165, 1.54) is 0 Å². The largest absolute Gasteiger partial charge is 0.490 e. The van der Waals surface area contributed by atoms with Crippen molar-refractivity contribution in [2.75, 3.05) is 19.0 Å². The lowest BCUT2D eigenvalue weighted by Crippen LogP contribution is -2.48. The van der Waals surface area contributed by atoms with Crippen LogP contribution in [0.1, 0.15) is 36.3 Å². The summed E-state index contributed by atoms with van der Waals surface area (Å²) in [4.78, 5) is 27.5. The molecule has 0 saturated heterocycles. The molecule has 2 aromatic heterocycles. The predicted molar refractivity (Wildman–Crippen MR) is 159 cm³/mol. The first kappa shape index (κ1) is 29.0. The second kappa shape index (κ2) is 12.2. The molecule has 0 radical (unpaired) electrons. The Kier molecular flexibility index (Phi) is 8.60. The van der Waals surface area contributed by atoms with Gasteiger partial charge >= 0.3 is 0 Å². The molecule has 1 aliphatic rings. The number of aryl methyl sites for hydroxylation is 1. The van der Waals surface area contributed by atoms with Gasteiger partial charge in [0.05, 0.1) is 18.2 Å². The third-order valence-electron chi connectivity index (χ3n) is 8.07. The molecule has 0 spiro atoms. The van der Waals surface area contributed by atoms with E-state index in [-0.39, 0.29) is 42.6 Å². The number of hydrogen-bond acceptors (Lipinski definition) is 7. The van der Waals surface area contributed by atoms with Gasteiger partial charge in [-0.1, -0.05) is 30.3 Å². The monoisotopic (exact) mass is 577 g/mol. The van der Waals surface area contributed by atoms with E-state index in [0.29, 0.717) is 30.8 Å². The van der Waals surface area contributed by atoms with Crippen LogP contribution in [0.5, 0.6) is 5.75 Å². The molecule has 0 saturated carbocycles. The molecular formula is C30H39N5O5Si. The molecule has 0 fully saturated rings. The smallest absolute Gasteiger partial charge is 0.228 e. The van der Waals surface area contributed by atoms with Crippen LogP contribution in [0.15, 0.2) is 54.9 Å². The number of fused-ring (bicyclic) bond motifs is 2. The number of anilines is 1. The van der Waals surface area contributed by atoms with Crippen LogP contribution < -0.4 is 10.1 Å². The fraction of sp³-hybridized carbons (Fsp3) is 0.433. The number of H-pyrrole nitrogens is 1. The molecule has 1 amide bonds. The van der Waals surface area contributed by atoms with Gasteiger partial charge in [-0.25, -0.2) is 0 Å². The lowest BCUT2D eigenvalue weighted by molar-refractivity contribution is -0.115. The van der Waals surface area contributed by atoms with Crippen molar-refractivity contribution in [2.24, 2.45) is 5.92 Å². The van der Waals surface area contributed by atoms with Crippen LogP contribution in [0.4, 0.5) is 5.69 Å². The number of aliphatic hydroxyl groups excluding tert-OH is 1. The third kappa shape index (κ3) is 6.38. The summed E-state index contributed by atoms with van der Waals surface area (Å²) in [5.41, 5.74) is 4.16. The van der Waals surface area contributed by atoms with E-state index in [4.69, 9.17) is 9.47 Å². The predicted octanol–water partition coefficient (Wildman–Crippen LogP) is 4.22. The van der Waals surface area contributed by atoms with Gasteiger partial charge in [-0.15, -0.1) is 5.10 Å². The number of aromatic amines is 1. The summed E-state index contributed by atoms with van der Waals surface area (Å²) in [5.74, 6) is 0.549. The van der Waals surface area contributed by atoms with Gasteiger partial charge in [0, 0.05) is 72.7 Å². The van der Waals surface area contributed by atoms with Crippen LogP contribution in [0.2, 0.25) is 18.6 Å². The number of nitrogens with zero attached hydrogens (tertiary/aromatic N) is 3. The number of aromatic nitrogens is 4. The summed E-state index contributed by atoms with van der Waals surface area (Å²) in [5, 5.41) is 21.5. The molecule has 0 aliphatic carbocycles. The molecule has 0 bridgehead atoms. The number of carbonyl (C=O) groups is 1. The lowest BCUT2D eigenvalue weighted by Gasteiger charge is -2.43. The molecular weight excluding hydrogens is 538 g/mol. The fourth-order valence-corrected chi connectivity index (χ4v) is 7.99. The van der Waals surface area contributed by atoms with Crippen molar-refractivity contribution >= 4 is 30.8 Å². The minimum absolute atomic E-state index is 0.0264. The highest BCUT2D eigenvalue weighted by atomic mass is 28.4. The van der Waals surface area contributed by atoms with E-state index in [9.17, 15) is 14.7 Å². The summed E-state index contributed by atoms with van der Waals surface area (Å²) in [6.07, 6.45) is 4.58. The van der Waals surface area contributed by atoms with Crippen molar-refractivity contribution in [3.05, 3.63) is 71.7 Å². The van der Waals surface area contributed by atoms with Crippen LogP contribution in [-0.2, 0) is 28.9 Å². The Hall–Kier alpha value is -3.51. The zero-order valence-electron chi connectivity index (χ0n) is 24.0. The Bertz CT molecular complexity index is 1500. The summed E-state index contributed by atoms with van der Waals surface area (Å²) in [7, 11) is -0.982. The van der Waals surface area contributed by atoms with Crippen LogP contribution in [-0.4, -0.2) is 63.9 Å². The Morgan fingerprint density at radius 1 is 1.27 bits per heavy atom. The number of para-hydroxylation sites is 1. The maximum Gasteiger partial charge on any atom is 0.228 e. The highest BCUT2D eigenvalue weighted by Crippen LogP contribution is 2.47. The molecule has 2 aromatic carbocycles. The van der Waals surface area contributed by atoms with Gasteiger partial charge in [0.15, 0.2) is 8.32 Å². The summed E-state index contributed by atoms with van der Waals surface area (Å²) < 4.78 is 14.3. The second-order valence-corrected chi connectivity index (χ2v) is 15.5. The fourth-order valence-electron chi connectivity index (χ4n) is 5.98. The molecule has 10 nitrogen and oxygen atoms in total. The first-order chi connectivity index (χ1) is 19.7. The van der Waals surface area contributed by atoms with Gasteiger partial charge < -0.3 is 29.7 Å². The summed E-state index contributed by atoms with van der Waals surface area (Å²) >= 11 is 0. The highest BCUT2D eigenvalue weighted by Gasteiger charge is 2.46. The molecule has 5 rings (SSSR count). The number of methoxy groups -OCH3 is 1. The number of ether oxygens (including phenoxy) is 2. The molecule has 4 atom stereocenters. The Morgan fingerprint density at radius 2 is 2.07 bits per heavy atom. The first-order valence-electron chi connectivity index (χ1n) is 14.1. The van der Waals surface area contributed by atoms with E-state index < -0.39 is 8.32 Å². The van der Waals surface area contributed by atoms with E-state index >= 15 is 0 Å². The van der Waals surface area contributed by atoms with E-state index in [2.05, 4.69) is 27.5 Å². The molecule has 11 heteroatoms. The molecule has 3 heterocycles. The van der Waals surface area contributed by atoms with Crippen molar-refractivity contribution in [1.82, 2.24) is 20.0 Å². The minimum Gasteiger partial charge on any atom is -0.490 e. The number of aliphatic hydroxyl groups is 1. The molecule has 1 unspecified atom stereocenters. The summed E-state index contributed by atoms with van der Waals surface area (Å²) in [6, 6.07) is 13.6. The van der Waals surface area contributed by atoms with Crippen molar-refractivity contribution < 1.29 is 24.2 Å². The van der Waals surface area contributed by atoms with Gasteiger partial charge in [-0.2, -0.15) is 0 Å². The first-order valence-corrected chi connectivity index (χ1v) is 17.1. The number of carbonyl (C=O) groups excluding carboxylic acids is 1. The van der Waals surface area contributed by atoms with E-state index in [1.54, 1.807) is 11.8 Å². The SMILES string of the molecule is CO[C@H]1c2cc(NC(=O)Cc3c[nH]c4ccccc34)ccc2O[C@@H](C(CCn2cc(CCO)nn2)[Si](C)(C)O)[C@@H]1C. The van der Waals surface area contributed by atoms with E-state index in [1.807, 2.05) is 68.0 Å². The second-order valence-electron chi connectivity index (χ2n) is 11.4. The third-order valence-corrected chi connectivity index (χ3v) is 10.5. The quantitative estimate of drug-likeness (QED) is 0.196. The van der Waals surface area contributed by atoms with Gasteiger partial charge in [-0.05, 0) is 49.3 Å². The number of nitrogens with one attached hydrogen (secondary N) is 2. The molecule has 4 aromatic rings. The van der Waals surface area contributed by atoms with Gasteiger partial charge in [-0.3, -0.25) is 9.48 Å². The van der Waals surface area contributed by atoms with Crippen molar-refractivity contribution in [1.29, 1.82) is 0 Å². The van der Waals surface area contributed by atoms with E-state index in [0.717, 1.165) is 27.7 Å². The Balaban J connectivity index is 1.31. The Morgan fingerprint density at radius 3 is 2.83 bits per heavy atom. The molecule has 218 valence electrons. The average Bonchev–Trinajstić information content (AvgIpc) is 3.55. The van der Waals surface area contributed by atoms with Crippen molar-refractivity contribution in [2.45, 2.75) is 63.6 Å². The normalized spacial score (nSPS) is 19.5. The van der Waals surface area contributed by atoms with Crippen molar-refractivity contribution in [3.8, 4) is 5.75 Å². The lowest BCUT2D eigenvalue weighted by atomic mass is 9.86. The molecule has 1 aliphatic heterocycles. The van der Waals surface area contributed by atoms with Crippen LogP contribution in [0.3, 0.4) is 0 Å². The van der Waals surface area contributed by atoms with Gasteiger partial charge in [0.1, 0.15) is 11.9 Å². The number of hydrogen-bond donors (Lipinski definition) is 4. The number of amides is 1. The molecule has 41 heavy (non-hydrogen) atoms. The number of rotatable bonds is 11. The van der Waals surface area contributed by atoms with Gasteiger partial charge in [0.2, 0.25) is 5.91 Å². The standard InChI is InChI=1S/C30H39N5O5Si/c1-19-29(39-2)24-16-21(32-28(37)15-20-17-31-25-8-6-5-7-23(20)25)9-10-26(24)40-30(19)27(41(3,4)38)11-13-35-18-22(12-14-36)33-34-35/h5-10,16-19,27,29-31,36,38H,11-15H2,1-4H3,(H,32,37)/t19-,27?,29-,30-/m1/s1. The number of benzene rings is 2. The maximum atomic E-state index is 13.0. The van der Waals surface area contributed by atoms with Gasteiger partial charge in [0.25, 0.3) is 0 Å². The van der Waals surface area contributed by atoms with Crippen LogP contribution in [0, 0.1) is 5.92 Å². The zero-order valence-corrected chi connectivity index (χ0v) is 25.0. The van der Waals surface area contributed by atoms with Crippen LogP contribution >= 0.6 is 0 Å². The molecule has 4 N–H and O–H groups in total. The van der Waals surface area contributed by atoms with Crippen LogP contribution in [0.25, 0.3) is 10.9 Å². The average molecular weight is 578 g/mol. The summed E-state index contributed by atoms with van der Waals surface area (Å²) in [6.45, 7) is 6.58. The van der Waals surface area contributed by atoms with Crippen molar-refractivity contribution in [3.63, 3.8) is 0 Å². The zero-order chi connectivity index (χ0) is 29.1.